The molecule has 0 aliphatic carbocycles. The molecule has 1 saturated heterocycles. The highest BCUT2D eigenvalue weighted by Gasteiger charge is 2.37. The summed E-state index contributed by atoms with van der Waals surface area (Å²) in [5, 5.41) is 18.8. The van der Waals surface area contributed by atoms with Crippen LogP contribution in [0.5, 0.6) is 0 Å². The minimum atomic E-state index is -0.708. The number of carboxylic acid groups (broad SMARTS) is 1. The molecule has 1 heterocycles. The van der Waals surface area contributed by atoms with Crippen LogP contribution < -0.4 is 0 Å². The van der Waals surface area contributed by atoms with Crippen molar-refractivity contribution < 1.29 is 15.0 Å². The van der Waals surface area contributed by atoms with Crippen LogP contribution in [0.15, 0.2) is 0 Å². The second kappa shape index (κ2) is 4.72. The van der Waals surface area contributed by atoms with E-state index in [2.05, 4.69) is 4.90 Å². The molecular formula is C12H23NO3. The summed E-state index contributed by atoms with van der Waals surface area (Å²) < 4.78 is 0. The van der Waals surface area contributed by atoms with Crippen molar-refractivity contribution in [1.82, 2.24) is 4.90 Å². The molecule has 0 aromatic carbocycles. The Balaban J connectivity index is 2.48. The zero-order valence-corrected chi connectivity index (χ0v) is 10.5. The Labute approximate surface area is 97.3 Å². The van der Waals surface area contributed by atoms with Gasteiger partial charge in [0.05, 0.1) is 11.0 Å². The topological polar surface area (TPSA) is 60.8 Å². The maximum absolute atomic E-state index is 11.1. The maximum Gasteiger partial charge on any atom is 0.310 e. The van der Waals surface area contributed by atoms with Crippen molar-refractivity contribution in [3.8, 4) is 0 Å². The summed E-state index contributed by atoms with van der Waals surface area (Å²) >= 11 is 0. The Morgan fingerprint density at radius 1 is 1.50 bits per heavy atom. The number of nitrogens with zero attached hydrogens (tertiary/aromatic N) is 1. The zero-order chi connectivity index (χ0) is 12.4. The van der Waals surface area contributed by atoms with Crippen LogP contribution in [0.2, 0.25) is 0 Å². The number of rotatable bonds is 4. The van der Waals surface area contributed by atoms with Crippen LogP contribution in [-0.4, -0.2) is 46.3 Å². The summed E-state index contributed by atoms with van der Waals surface area (Å²) in [4.78, 5) is 13.3. The lowest BCUT2D eigenvalue weighted by Crippen LogP contribution is -2.47. The lowest BCUT2D eigenvalue weighted by molar-refractivity contribution is -0.151. The van der Waals surface area contributed by atoms with Crippen molar-refractivity contribution in [2.45, 2.75) is 45.6 Å². The molecule has 0 saturated carbocycles. The molecule has 1 aliphatic rings. The van der Waals surface area contributed by atoms with E-state index in [1.165, 1.54) is 0 Å². The Kier molecular flexibility index (Phi) is 3.97. The lowest BCUT2D eigenvalue weighted by atomic mass is 9.82. The Morgan fingerprint density at radius 2 is 2.12 bits per heavy atom. The number of likely N-dealkylation sites (tertiary alicyclic amines) is 1. The first-order valence-electron chi connectivity index (χ1n) is 5.91. The second-order valence-corrected chi connectivity index (χ2v) is 5.81. The summed E-state index contributed by atoms with van der Waals surface area (Å²) in [7, 11) is 0. The van der Waals surface area contributed by atoms with Crippen LogP contribution in [0.4, 0.5) is 0 Å². The molecule has 4 nitrogen and oxygen atoms in total. The third-order valence-electron chi connectivity index (χ3n) is 3.33. The molecule has 94 valence electrons. The third kappa shape index (κ3) is 3.76. The molecular weight excluding hydrogens is 206 g/mol. The highest BCUT2D eigenvalue weighted by molar-refractivity contribution is 5.74. The standard InChI is InChI=1S/C12H23NO3/c1-11(2,16)6-8-13-7-4-5-12(3,9-13)10(14)15/h16H,4-9H2,1-3H3,(H,14,15). The molecule has 0 spiro atoms. The lowest BCUT2D eigenvalue weighted by Gasteiger charge is -2.38. The predicted molar refractivity (Wildman–Crippen MR) is 62.3 cm³/mol. The van der Waals surface area contributed by atoms with Gasteiger partial charge in [-0.3, -0.25) is 4.79 Å². The van der Waals surface area contributed by atoms with Gasteiger partial charge in [0.2, 0.25) is 0 Å². The van der Waals surface area contributed by atoms with Crippen molar-refractivity contribution in [3.63, 3.8) is 0 Å². The van der Waals surface area contributed by atoms with Crippen molar-refractivity contribution in [1.29, 1.82) is 0 Å². The van der Waals surface area contributed by atoms with Crippen LogP contribution in [0.1, 0.15) is 40.0 Å². The number of carbonyl (C=O) groups is 1. The Bertz CT molecular complexity index is 259. The van der Waals surface area contributed by atoms with Crippen LogP contribution in [0.25, 0.3) is 0 Å². The van der Waals surface area contributed by atoms with Gasteiger partial charge >= 0.3 is 5.97 Å². The molecule has 0 amide bonds. The van der Waals surface area contributed by atoms with E-state index < -0.39 is 17.0 Å². The van der Waals surface area contributed by atoms with E-state index in [1.54, 1.807) is 13.8 Å². The first kappa shape index (κ1) is 13.5. The SMILES string of the molecule is CC(C)(O)CCN1CCCC(C)(C(=O)O)C1. The van der Waals surface area contributed by atoms with Gasteiger partial charge < -0.3 is 15.1 Å². The van der Waals surface area contributed by atoms with E-state index in [0.717, 1.165) is 25.9 Å². The molecule has 0 aromatic rings. The predicted octanol–water partition coefficient (Wildman–Crippen LogP) is 1.33. The van der Waals surface area contributed by atoms with E-state index in [0.29, 0.717) is 13.0 Å². The van der Waals surface area contributed by atoms with Crippen LogP contribution in [0.3, 0.4) is 0 Å². The molecule has 0 aromatic heterocycles. The Morgan fingerprint density at radius 3 is 2.62 bits per heavy atom. The van der Waals surface area contributed by atoms with Gasteiger partial charge in [-0.25, -0.2) is 0 Å². The quantitative estimate of drug-likeness (QED) is 0.763. The monoisotopic (exact) mass is 229 g/mol. The molecule has 1 unspecified atom stereocenters. The zero-order valence-electron chi connectivity index (χ0n) is 10.5. The maximum atomic E-state index is 11.1. The van der Waals surface area contributed by atoms with Crippen LogP contribution in [0, 0.1) is 5.41 Å². The Hall–Kier alpha value is -0.610. The van der Waals surface area contributed by atoms with E-state index in [1.807, 2.05) is 6.92 Å². The van der Waals surface area contributed by atoms with E-state index >= 15 is 0 Å². The average Bonchev–Trinajstić information content (AvgIpc) is 2.14. The average molecular weight is 229 g/mol. The molecule has 4 heteroatoms. The number of piperidine rings is 1. The van der Waals surface area contributed by atoms with Gasteiger partial charge in [-0.05, 0) is 46.6 Å². The fourth-order valence-electron chi connectivity index (χ4n) is 2.14. The van der Waals surface area contributed by atoms with Gasteiger partial charge in [-0.1, -0.05) is 0 Å². The number of aliphatic carboxylic acids is 1. The smallest absolute Gasteiger partial charge is 0.310 e. The van der Waals surface area contributed by atoms with Crippen molar-refractivity contribution in [2.24, 2.45) is 5.41 Å². The molecule has 2 N–H and O–H groups in total. The van der Waals surface area contributed by atoms with E-state index in [9.17, 15) is 9.90 Å². The summed E-state index contributed by atoms with van der Waals surface area (Å²) in [6.45, 7) is 7.69. The first-order chi connectivity index (χ1) is 7.23. The fraction of sp³-hybridized carbons (Fsp3) is 0.917. The number of hydrogen-bond acceptors (Lipinski definition) is 3. The highest BCUT2D eigenvalue weighted by Crippen LogP contribution is 2.30. The molecule has 1 aliphatic heterocycles. The summed E-state index contributed by atoms with van der Waals surface area (Å²) in [5.41, 5.74) is -1.28. The third-order valence-corrected chi connectivity index (χ3v) is 3.33. The van der Waals surface area contributed by atoms with Gasteiger partial charge in [0.1, 0.15) is 0 Å². The summed E-state index contributed by atoms with van der Waals surface area (Å²) in [5.74, 6) is -0.708. The normalized spacial score (nSPS) is 28.0. The fourth-order valence-corrected chi connectivity index (χ4v) is 2.14. The number of carboxylic acids is 1. The minimum absolute atomic E-state index is 0.596. The molecule has 1 fully saturated rings. The highest BCUT2D eigenvalue weighted by atomic mass is 16.4. The molecule has 0 radical (unpaired) electrons. The van der Waals surface area contributed by atoms with Gasteiger partial charge in [-0.2, -0.15) is 0 Å². The first-order valence-corrected chi connectivity index (χ1v) is 5.91. The van der Waals surface area contributed by atoms with Crippen molar-refractivity contribution in [2.75, 3.05) is 19.6 Å². The van der Waals surface area contributed by atoms with Crippen molar-refractivity contribution in [3.05, 3.63) is 0 Å². The van der Waals surface area contributed by atoms with Gasteiger partial charge in [-0.15, -0.1) is 0 Å². The van der Waals surface area contributed by atoms with Crippen LogP contribution >= 0.6 is 0 Å². The van der Waals surface area contributed by atoms with Crippen LogP contribution in [-0.2, 0) is 4.79 Å². The minimum Gasteiger partial charge on any atom is -0.481 e. The van der Waals surface area contributed by atoms with E-state index in [4.69, 9.17) is 5.11 Å². The molecule has 16 heavy (non-hydrogen) atoms. The summed E-state index contributed by atoms with van der Waals surface area (Å²) in [6.07, 6.45) is 2.36. The number of hydrogen-bond donors (Lipinski definition) is 2. The van der Waals surface area contributed by atoms with Gasteiger partial charge in [0.15, 0.2) is 0 Å². The van der Waals surface area contributed by atoms with Gasteiger partial charge in [0.25, 0.3) is 0 Å². The largest absolute Gasteiger partial charge is 0.481 e. The van der Waals surface area contributed by atoms with Gasteiger partial charge in [0, 0.05) is 13.1 Å². The second-order valence-electron chi connectivity index (χ2n) is 5.81. The summed E-state index contributed by atoms with van der Waals surface area (Å²) in [6, 6.07) is 0. The van der Waals surface area contributed by atoms with Crippen molar-refractivity contribution >= 4 is 5.97 Å². The molecule has 1 rings (SSSR count). The van der Waals surface area contributed by atoms with E-state index in [-0.39, 0.29) is 0 Å². The molecule has 0 bridgehead atoms. The number of aliphatic hydroxyl groups is 1. The molecule has 1 atom stereocenters.